The van der Waals surface area contributed by atoms with Crippen LogP contribution in [0.1, 0.15) is 33.1 Å². The van der Waals surface area contributed by atoms with Crippen molar-refractivity contribution in [2.24, 2.45) is 11.7 Å². The zero-order chi connectivity index (χ0) is 10.4. The minimum absolute atomic E-state index is 0.229. The first-order valence-electron chi connectivity index (χ1n) is 5.69. The molecule has 84 valence electrons. The van der Waals surface area contributed by atoms with Crippen molar-refractivity contribution in [1.82, 2.24) is 0 Å². The molecule has 0 aromatic heterocycles. The second-order valence-electron chi connectivity index (χ2n) is 4.19. The van der Waals surface area contributed by atoms with Crippen molar-refractivity contribution in [3.63, 3.8) is 0 Å². The second kappa shape index (κ2) is 6.38. The molecule has 3 atom stereocenters. The molecule has 0 aromatic rings. The van der Waals surface area contributed by atoms with E-state index in [0.717, 1.165) is 25.4 Å². The molecule has 0 aromatic carbocycles. The molecular weight excluding hydrogens is 178 g/mol. The lowest BCUT2D eigenvalue weighted by Crippen LogP contribution is -2.42. The Morgan fingerprint density at radius 1 is 1.29 bits per heavy atom. The van der Waals surface area contributed by atoms with Gasteiger partial charge in [-0.15, -0.1) is 0 Å². The molecular formula is C11H23NO2. The molecule has 0 radical (unpaired) electrons. The zero-order valence-electron chi connectivity index (χ0n) is 9.37. The lowest BCUT2D eigenvalue weighted by molar-refractivity contribution is -0.0258. The van der Waals surface area contributed by atoms with E-state index in [1.807, 2.05) is 6.92 Å². The zero-order valence-corrected chi connectivity index (χ0v) is 9.37. The molecule has 3 nitrogen and oxygen atoms in total. The summed E-state index contributed by atoms with van der Waals surface area (Å²) in [6, 6.07) is 0.229. The summed E-state index contributed by atoms with van der Waals surface area (Å²) < 4.78 is 10.9. The lowest BCUT2D eigenvalue weighted by Gasteiger charge is -2.32. The maximum atomic E-state index is 5.99. The molecule has 0 bridgehead atoms. The fourth-order valence-corrected chi connectivity index (χ4v) is 1.95. The van der Waals surface area contributed by atoms with Gasteiger partial charge in [0, 0.05) is 12.6 Å². The van der Waals surface area contributed by atoms with E-state index in [1.54, 1.807) is 0 Å². The van der Waals surface area contributed by atoms with Crippen LogP contribution in [0.2, 0.25) is 0 Å². The van der Waals surface area contributed by atoms with Crippen molar-refractivity contribution >= 4 is 0 Å². The Labute approximate surface area is 86.9 Å². The number of hydrogen-bond acceptors (Lipinski definition) is 3. The van der Waals surface area contributed by atoms with Gasteiger partial charge in [0.25, 0.3) is 0 Å². The summed E-state index contributed by atoms with van der Waals surface area (Å²) in [5.74, 6) is 0.756. The average molecular weight is 201 g/mol. The Bertz CT molecular complexity index is 152. The monoisotopic (exact) mass is 201 g/mol. The summed E-state index contributed by atoms with van der Waals surface area (Å²) in [6.45, 7) is 6.39. The molecule has 0 saturated heterocycles. The molecule has 3 unspecified atom stereocenters. The molecule has 1 aliphatic carbocycles. The van der Waals surface area contributed by atoms with Crippen molar-refractivity contribution in [1.29, 1.82) is 0 Å². The van der Waals surface area contributed by atoms with Gasteiger partial charge >= 0.3 is 0 Å². The molecule has 0 amide bonds. The van der Waals surface area contributed by atoms with E-state index in [4.69, 9.17) is 15.2 Å². The van der Waals surface area contributed by atoms with Crippen LogP contribution in [0.5, 0.6) is 0 Å². The predicted molar refractivity (Wildman–Crippen MR) is 57.2 cm³/mol. The fraction of sp³-hybridized carbons (Fsp3) is 1.00. The Kier molecular flexibility index (Phi) is 5.45. The van der Waals surface area contributed by atoms with Gasteiger partial charge < -0.3 is 15.2 Å². The molecule has 1 saturated carbocycles. The van der Waals surface area contributed by atoms with E-state index >= 15 is 0 Å². The van der Waals surface area contributed by atoms with E-state index in [0.29, 0.717) is 13.2 Å². The highest BCUT2D eigenvalue weighted by Crippen LogP contribution is 2.24. The third-order valence-electron chi connectivity index (χ3n) is 2.87. The largest absolute Gasteiger partial charge is 0.379 e. The van der Waals surface area contributed by atoms with Gasteiger partial charge in [-0.3, -0.25) is 0 Å². The van der Waals surface area contributed by atoms with Crippen molar-refractivity contribution in [3.05, 3.63) is 0 Å². The van der Waals surface area contributed by atoms with Gasteiger partial charge in [-0.05, 0) is 32.1 Å². The van der Waals surface area contributed by atoms with Gasteiger partial charge in [0.2, 0.25) is 0 Å². The maximum Gasteiger partial charge on any atom is 0.0729 e. The van der Waals surface area contributed by atoms with E-state index < -0.39 is 0 Å². The van der Waals surface area contributed by atoms with Crippen LogP contribution in [-0.4, -0.2) is 32.0 Å². The van der Waals surface area contributed by atoms with Crippen LogP contribution in [0, 0.1) is 5.92 Å². The van der Waals surface area contributed by atoms with Crippen LogP contribution in [0.15, 0.2) is 0 Å². The molecule has 0 spiro atoms. The van der Waals surface area contributed by atoms with Crippen LogP contribution in [0.3, 0.4) is 0 Å². The summed E-state index contributed by atoms with van der Waals surface area (Å²) in [7, 11) is 0. The number of nitrogens with two attached hydrogens (primary N) is 1. The molecule has 2 N–H and O–H groups in total. The molecule has 0 heterocycles. The van der Waals surface area contributed by atoms with E-state index in [2.05, 4.69) is 6.92 Å². The van der Waals surface area contributed by atoms with Crippen molar-refractivity contribution in [2.45, 2.75) is 45.3 Å². The normalized spacial score (nSPS) is 33.2. The van der Waals surface area contributed by atoms with Gasteiger partial charge in [0.15, 0.2) is 0 Å². The SMILES string of the molecule is CCOCCOC1CC(C)CCC1N. The third-order valence-corrected chi connectivity index (χ3v) is 2.87. The first-order valence-corrected chi connectivity index (χ1v) is 5.69. The van der Waals surface area contributed by atoms with Gasteiger partial charge in [0.1, 0.15) is 0 Å². The van der Waals surface area contributed by atoms with Gasteiger partial charge in [-0.1, -0.05) is 6.92 Å². The number of rotatable bonds is 5. The van der Waals surface area contributed by atoms with Crippen LogP contribution in [0.4, 0.5) is 0 Å². The third kappa shape index (κ3) is 3.95. The smallest absolute Gasteiger partial charge is 0.0729 e. The highest BCUT2D eigenvalue weighted by atomic mass is 16.5. The van der Waals surface area contributed by atoms with Crippen LogP contribution >= 0.6 is 0 Å². The van der Waals surface area contributed by atoms with Gasteiger partial charge in [-0.25, -0.2) is 0 Å². The van der Waals surface area contributed by atoms with Crippen LogP contribution < -0.4 is 5.73 Å². The predicted octanol–water partition coefficient (Wildman–Crippen LogP) is 1.56. The summed E-state index contributed by atoms with van der Waals surface area (Å²) >= 11 is 0. The summed E-state index contributed by atoms with van der Waals surface area (Å²) in [5.41, 5.74) is 5.99. The van der Waals surface area contributed by atoms with E-state index in [1.165, 1.54) is 6.42 Å². The number of hydrogen-bond donors (Lipinski definition) is 1. The first-order chi connectivity index (χ1) is 6.74. The topological polar surface area (TPSA) is 44.5 Å². The standard InChI is InChI=1S/C11H23NO2/c1-3-13-6-7-14-11-8-9(2)4-5-10(11)12/h9-11H,3-8,12H2,1-2H3. The van der Waals surface area contributed by atoms with Gasteiger partial charge in [-0.2, -0.15) is 0 Å². The Balaban J connectivity index is 2.14. The average Bonchev–Trinajstić information content (AvgIpc) is 2.18. The summed E-state index contributed by atoms with van der Waals surface area (Å²) in [6.07, 6.45) is 3.69. The number of ether oxygens (including phenoxy) is 2. The molecule has 3 heteroatoms. The molecule has 1 rings (SSSR count). The lowest BCUT2D eigenvalue weighted by atomic mass is 9.85. The second-order valence-corrected chi connectivity index (χ2v) is 4.19. The molecule has 0 aliphatic heterocycles. The van der Waals surface area contributed by atoms with Crippen molar-refractivity contribution in [3.8, 4) is 0 Å². The summed E-state index contributed by atoms with van der Waals surface area (Å²) in [5, 5.41) is 0. The highest BCUT2D eigenvalue weighted by Gasteiger charge is 2.26. The Hall–Kier alpha value is -0.120. The first kappa shape index (κ1) is 12.0. The molecule has 1 fully saturated rings. The Morgan fingerprint density at radius 2 is 2.07 bits per heavy atom. The van der Waals surface area contributed by atoms with Gasteiger partial charge in [0.05, 0.1) is 19.3 Å². The quantitative estimate of drug-likeness (QED) is 0.686. The summed E-state index contributed by atoms with van der Waals surface area (Å²) in [4.78, 5) is 0. The fourth-order valence-electron chi connectivity index (χ4n) is 1.95. The molecule has 1 aliphatic rings. The molecule has 14 heavy (non-hydrogen) atoms. The van der Waals surface area contributed by atoms with E-state index in [-0.39, 0.29) is 12.1 Å². The maximum absolute atomic E-state index is 5.99. The Morgan fingerprint density at radius 3 is 2.79 bits per heavy atom. The van der Waals surface area contributed by atoms with E-state index in [9.17, 15) is 0 Å². The van der Waals surface area contributed by atoms with Crippen LogP contribution in [0.25, 0.3) is 0 Å². The highest BCUT2D eigenvalue weighted by molar-refractivity contribution is 4.81. The minimum Gasteiger partial charge on any atom is -0.379 e. The minimum atomic E-state index is 0.229. The van der Waals surface area contributed by atoms with Crippen molar-refractivity contribution < 1.29 is 9.47 Å². The van der Waals surface area contributed by atoms with Crippen molar-refractivity contribution in [2.75, 3.05) is 19.8 Å². The van der Waals surface area contributed by atoms with Crippen LogP contribution in [-0.2, 0) is 9.47 Å².